The van der Waals surface area contributed by atoms with Crippen LogP contribution in [0.2, 0.25) is 0 Å². The van der Waals surface area contributed by atoms with Crippen LogP contribution < -0.4 is 4.90 Å². The van der Waals surface area contributed by atoms with Gasteiger partial charge in [-0.1, -0.05) is 103 Å². The zero-order valence-corrected chi connectivity index (χ0v) is 24.6. The number of para-hydroxylation sites is 4. The average Bonchev–Trinajstić information content (AvgIpc) is 3.80. The number of hydrogen-bond acceptors (Lipinski definition) is 4. The van der Waals surface area contributed by atoms with Crippen LogP contribution in [0.1, 0.15) is 0 Å². The molecule has 4 nitrogen and oxygen atoms in total. The van der Waals surface area contributed by atoms with E-state index in [0.29, 0.717) is 0 Å². The molecule has 0 N–H and O–H groups in total. The molecule has 0 saturated carbocycles. The summed E-state index contributed by atoms with van der Waals surface area (Å²) in [7, 11) is 0. The molecular weight excluding hydrogens is 566 g/mol. The summed E-state index contributed by atoms with van der Waals surface area (Å²) in [6.07, 6.45) is 0. The molecule has 0 aliphatic rings. The Bertz CT molecular complexity index is 2760. The van der Waals surface area contributed by atoms with Crippen molar-refractivity contribution in [2.45, 2.75) is 0 Å². The Morgan fingerprint density at radius 2 is 0.978 bits per heavy atom. The number of hydrogen-bond donors (Lipinski definition) is 0. The molecule has 3 heterocycles. The molecule has 0 radical (unpaired) electrons. The fourth-order valence-corrected chi connectivity index (χ4v) is 7.03. The van der Waals surface area contributed by atoms with Crippen molar-refractivity contribution in [1.82, 2.24) is 0 Å². The Morgan fingerprint density at radius 3 is 1.85 bits per heavy atom. The number of fused-ring (bicyclic) bond motifs is 9. The van der Waals surface area contributed by atoms with Gasteiger partial charge in [0.15, 0.2) is 5.58 Å². The first-order valence-electron chi connectivity index (χ1n) is 15.4. The molecule has 3 aromatic heterocycles. The molecule has 7 aromatic carbocycles. The lowest BCUT2D eigenvalue weighted by atomic mass is 10.0. The first kappa shape index (κ1) is 25.1. The van der Waals surface area contributed by atoms with Crippen LogP contribution in [0.3, 0.4) is 0 Å². The van der Waals surface area contributed by atoms with Gasteiger partial charge in [0.1, 0.15) is 27.9 Å². The molecule has 0 aliphatic carbocycles. The lowest BCUT2D eigenvalue weighted by Crippen LogP contribution is -2.10. The molecule has 0 atom stereocenters. The van der Waals surface area contributed by atoms with Crippen molar-refractivity contribution in [3.8, 4) is 11.1 Å². The van der Waals surface area contributed by atoms with E-state index in [1.165, 1.54) is 0 Å². The maximum absolute atomic E-state index is 6.92. The minimum Gasteiger partial charge on any atom is -0.456 e. The number of nitrogens with zero attached hydrogens (tertiary/aromatic N) is 1. The lowest BCUT2D eigenvalue weighted by Gasteiger charge is -2.26. The highest BCUT2D eigenvalue weighted by Crippen LogP contribution is 2.48. The van der Waals surface area contributed by atoms with Gasteiger partial charge in [-0.15, -0.1) is 0 Å². The third kappa shape index (κ3) is 3.61. The molecule has 0 amide bonds. The highest BCUT2D eigenvalue weighted by molar-refractivity contribution is 6.17. The summed E-state index contributed by atoms with van der Waals surface area (Å²) in [5, 5.41) is 6.43. The van der Waals surface area contributed by atoms with Crippen molar-refractivity contribution in [2.24, 2.45) is 0 Å². The first-order valence-corrected chi connectivity index (χ1v) is 15.4. The fraction of sp³-hybridized carbons (Fsp3) is 0. The normalized spacial score (nSPS) is 11.9. The standard InChI is InChI=1S/C42H25NO3/c1-2-11-26(12-3-1)28-15-8-16-31-32-17-9-19-35(42(32)46-41(28)31)43(27-23-24-30-29-13-4-6-20-36(29)45-39(30)25-27)34-18-10-22-38-40(34)33-14-5-7-21-37(33)44-38/h1-25H. The molecule has 0 fully saturated rings. The Hall–Kier alpha value is -6.26. The predicted molar refractivity (Wildman–Crippen MR) is 188 cm³/mol. The van der Waals surface area contributed by atoms with Gasteiger partial charge in [-0.05, 0) is 48.0 Å². The maximum atomic E-state index is 6.92. The number of rotatable bonds is 4. The van der Waals surface area contributed by atoms with E-state index < -0.39 is 0 Å². The van der Waals surface area contributed by atoms with Crippen LogP contribution >= 0.6 is 0 Å². The maximum Gasteiger partial charge on any atom is 0.159 e. The second-order valence-corrected chi connectivity index (χ2v) is 11.7. The number of benzene rings is 7. The van der Waals surface area contributed by atoms with Gasteiger partial charge in [0.25, 0.3) is 0 Å². The Labute approximate surface area is 263 Å². The molecule has 46 heavy (non-hydrogen) atoms. The summed E-state index contributed by atoms with van der Waals surface area (Å²) < 4.78 is 19.7. The Morgan fingerprint density at radius 1 is 0.370 bits per heavy atom. The van der Waals surface area contributed by atoms with E-state index >= 15 is 0 Å². The quantitative estimate of drug-likeness (QED) is 0.204. The Balaban J connectivity index is 1.30. The summed E-state index contributed by atoms with van der Waals surface area (Å²) in [6.45, 7) is 0. The van der Waals surface area contributed by atoms with E-state index in [0.717, 1.165) is 94.0 Å². The second kappa shape index (κ2) is 9.62. The summed E-state index contributed by atoms with van der Waals surface area (Å²) in [5.74, 6) is 0. The largest absolute Gasteiger partial charge is 0.456 e. The van der Waals surface area contributed by atoms with E-state index in [2.05, 4.69) is 114 Å². The minimum atomic E-state index is 0.815. The van der Waals surface area contributed by atoms with E-state index in [1.807, 2.05) is 42.5 Å². The smallest absolute Gasteiger partial charge is 0.159 e. The number of furan rings is 3. The summed E-state index contributed by atoms with van der Waals surface area (Å²) in [5.41, 5.74) is 10.1. The highest BCUT2D eigenvalue weighted by Gasteiger charge is 2.24. The van der Waals surface area contributed by atoms with Gasteiger partial charge in [0.05, 0.1) is 22.4 Å². The van der Waals surface area contributed by atoms with Crippen LogP contribution in [0.15, 0.2) is 165 Å². The highest BCUT2D eigenvalue weighted by atomic mass is 16.3. The van der Waals surface area contributed by atoms with Crippen molar-refractivity contribution < 1.29 is 13.3 Å². The third-order valence-corrected chi connectivity index (χ3v) is 9.07. The van der Waals surface area contributed by atoms with Crippen molar-refractivity contribution in [2.75, 3.05) is 4.90 Å². The van der Waals surface area contributed by atoms with Crippen molar-refractivity contribution in [3.63, 3.8) is 0 Å². The minimum absolute atomic E-state index is 0.815. The van der Waals surface area contributed by atoms with Crippen LogP contribution in [-0.2, 0) is 0 Å². The van der Waals surface area contributed by atoms with Gasteiger partial charge in [0, 0.05) is 38.6 Å². The van der Waals surface area contributed by atoms with Crippen molar-refractivity contribution in [1.29, 1.82) is 0 Å². The molecular formula is C42H25NO3. The average molecular weight is 592 g/mol. The Kier molecular flexibility index (Phi) is 5.25. The molecule has 10 rings (SSSR count). The first-order chi connectivity index (χ1) is 22.8. The molecule has 4 heteroatoms. The van der Waals surface area contributed by atoms with E-state index in [1.54, 1.807) is 0 Å². The van der Waals surface area contributed by atoms with Crippen LogP contribution in [-0.4, -0.2) is 0 Å². The molecule has 10 aromatic rings. The molecule has 0 unspecified atom stereocenters. The monoisotopic (exact) mass is 591 g/mol. The van der Waals surface area contributed by atoms with Gasteiger partial charge in [-0.25, -0.2) is 0 Å². The van der Waals surface area contributed by atoms with Gasteiger partial charge >= 0.3 is 0 Å². The van der Waals surface area contributed by atoms with Crippen molar-refractivity contribution in [3.05, 3.63) is 152 Å². The van der Waals surface area contributed by atoms with Gasteiger partial charge in [0.2, 0.25) is 0 Å². The molecule has 0 aliphatic heterocycles. The van der Waals surface area contributed by atoms with E-state index in [-0.39, 0.29) is 0 Å². The van der Waals surface area contributed by atoms with Gasteiger partial charge in [-0.3, -0.25) is 0 Å². The molecule has 0 spiro atoms. The third-order valence-electron chi connectivity index (χ3n) is 9.07. The summed E-state index contributed by atoms with van der Waals surface area (Å²) >= 11 is 0. The van der Waals surface area contributed by atoms with E-state index in [9.17, 15) is 0 Å². The SMILES string of the molecule is c1ccc(-c2cccc3c2oc2c(N(c4ccc5c(c4)oc4ccccc45)c4cccc5oc6ccccc6c45)cccc23)cc1. The summed E-state index contributed by atoms with van der Waals surface area (Å²) in [6, 6.07) is 52.3. The van der Waals surface area contributed by atoms with E-state index in [4.69, 9.17) is 13.3 Å². The fourth-order valence-electron chi connectivity index (χ4n) is 7.03. The second-order valence-electron chi connectivity index (χ2n) is 11.7. The van der Waals surface area contributed by atoms with Crippen LogP contribution in [0.25, 0.3) is 76.9 Å². The number of anilines is 3. The topological polar surface area (TPSA) is 42.7 Å². The predicted octanol–water partition coefficient (Wildman–Crippen LogP) is 12.5. The van der Waals surface area contributed by atoms with Gasteiger partial charge in [-0.2, -0.15) is 0 Å². The van der Waals surface area contributed by atoms with Crippen LogP contribution in [0.4, 0.5) is 17.1 Å². The van der Waals surface area contributed by atoms with Crippen LogP contribution in [0.5, 0.6) is 0 Å². The zero-order chi connectivity index (χ0) is 30.2. The zero-order valence-electron chi connectivity index (χ0n) is 24.6. The molecule has 0 saturated heterocycles. The van der Waals surface area contributed by atoms with Gasteiger partial charge < -0.3 is 18.2 Å². The summed E-state index contributed by atoms with van der Waals surface area (Å²) in [4.78, 5) is 2.28. The molecule has 216 valence electrons. The van der Waals surface area contributed by atoms with Crippen LogP contribution in [0, 0.1) is 0 Å². The van der Waals surface area contributed by atoms with Crippen molar-refractivity contribution >= 4 is 82.9 Å². The lowest BCUT2D eigenvalue weighted by molar-refractivity contribution is 0.667. The molecule has 0 bridgehead atoms.